The van der Waals surface area contributed by atoms with E-state index in [4.69, 9.17) is 9.47 Å². The van der Waals surface area contributed by atoms with Gasteiger partial charge >= 0.3 is 0 Å². The second kappa shape index (κ2) is 8.50. The van der Waals surface area contributed by atoms with Crippen LogP contribution in [0.1, 0.15) is 13.8 Å². The van der Waals surface area contributed by atoms with E-state index in [0.717, 1.165) is 0 Å². The van der Waals surface area contributed by atoms with Gasteiger partial charge in [0.05, 0.1) is 24.9 Å². The largest absolute Gasteiger partial charge is 0.489 e. The van der Waals surface area contributed by atoms with Gasteiger partial charge in [-0.15, -0.1) is 0 Å². The highest BCUT2D eigenvalue weighted by Gasteiger charge is 2.08. The number of rotatable bonds is 8. The third kappa shape index (κ3) is 6.22. The van der Waals surface area contributed by atoms with Gasteiger partial charge in [0.1, 0.15) is 5.75 Å². The molecule has 0 atom stereocenters. The van der Waals surface area contributed by atoms with Crippen LogP contribution in [0, 0.1) is 0 Å². The van der Waals surface area contributed by atoms with Crippen LogP contribution < -0.4 is 15.4 Å². The first-order chi connectivity index (χ1) is 9.13. The van der Waals surface area contributed by atoms with E-state index in [2.05, 4.69) is 10.6 Å². The van der Waals surface area contributed by atoms with Crippen molar-refractivity contribution in [2.45, 2.75) is 20.0 Å². The molecule has 0 spiro atoms. The standard InChI is InChI=1S/C14H22N2O3/c1-11(2)19-13-7-5-4-6-12(13)16-14(17)10-15-8-9-18-3/h4-7,11,15H,8-10H2,1-3H3,(H,16,17). The lowest BCUT2D eigenvalue weighted by molar-refractivity contribution is -0.115. The molecule has 0 aliphatic heterocycles. The summed E-state index contributed by atoms with van der Waals surface area (Å²) in [5.74, 6) is 0.582. The number of hydrogen-bond donors (Lipinski definition) is 2. The fourth-order valence-corrected chi connectivity index (χ4v) is 1.50. The molecule has 0 saturated heterocycles. The lowest BCUT2D eigenvalue weighted by Gasteiger charge is -2.14. The van der Waals surface area contributed by atoms with Crippen molar-refractivity contribution < 1.29 is 14.3 Å². The molecule has 1 rings (SSSR count). The predicted octanol–water partition coefficient (Wildman–Crippen LogP) is 1.65. The van der Waals surface area contributed by atoms with E-state index in [1.165, 1.54) is 0 Å². The average Bonchev–Trinajstić information content (AvgIpc) is 2.36. The van der Waals surface area contributed by atoms with E-state index >= 15 is 0 Å². The molecule has 0 unspecified atom stereocenters. The van der Waals surface area contributed by atoms with Crippen molar-refractivity contribution >= 4 is 11.6 Å². The number of hydrogen-bond acceptors (Lipinski definition) is 4. The maximum atomic E-state index is 11.7. The normalized spacial score (nSPS) is 10.5. The summed E-state index contributed by atoms with van der Waals surface area (Å²) in [5, 5.41) is 5.81. The van der Waals surface area contributed by atoms with E-state index < -0.39 is 0 Å². The first-order valence-corrected chi connectivity index (χ1v) is 6.38. The smallest absolute Gasteiger partial charge is 0.238 e. The van der Waals surface area contributed by atoms with Crippen LogP contribution in [-0.4, -0.2) is 38.8 Å². The SMILES string of the molecule is COCCNCC(=O)Nc1ccccc1OC(C)C. The Morgan fingerprint density at radius 1 is 1.32 bits per heavy atom. The van der Waals surface area contributed by atoms with Crippen LogP contribution in [0.2, 0.25) is 0 Å². The second-order valence-electron chi connectivity index (χ2n) is 4.38. The first-order valence-electron chi connectivity index (χ1n) is 6.38. The Hall–Kier alpha value is -1.59. The van der Waals surface area contributed by atoms with Gasteiger partial charge in [-0.3, -0.25) is 4.79 Å². The van der Waals surface area contributed by atoms with Gasteiger partial charge in [-0.1, -0.05) is 12.1 Å². The molecule has 1 amide bonds. The summed E-state index contributed by atoms with van der Waals surface area (Å²) in [4.78, 5) is 11.7. The molecule has 19 heavy (non-hydrogen) atoms. The molecule has 0 fully saturated rings. The van der Waals surface area contributed by atoms with Gasteiger partial charge in [-0.2, -0.15) is 0 Å². The number of methoxy groups -OCH3 is 1. The molecule has 0 heterocycles. The van der Waals surface area contributed by atoms with Crippen LogP contribution in [-0.2, 0) is 9.53 Å². The van der Waals surface area contributed by atoms with Crippen molar-refractivity contribution in [3.05, 3.63) is 24.3 Å². The van der Waals surface area contributed by atoms with Crippen LogP contribution in [0.3, 0.4) is 0 Å². The van der Waals surface area contributed by atoms with Gasteiger partial charge in [0.2, 0.25) is 5.91 Å². The Morgan fingerprint density at radius 3 is 2.74 bits per heavy atom. The second-order valence-corrected chi connectivity index (χ2v) is 4.38. The van der Waals surface area contributed by atoms with Gasteiger partial charge in [-0.05, 0) is 26.0 Å². The van der Waals surface area contributed by atoms with Crippen LogP contribution in [0.15, 0.2) is 24.3 Å². The summed E-state index contributed by atoms with van der Waals surface area (Å²) >= 11 is 0. The number of carbonyl (C=O) groups excluding carboxylic acids is 1. The first kappa shape index (κ1) is 15.5. The van der Waals surface area contributed by atoms with Crippen molar-refractivity contribution in [1.82, 2.24) is 5.32 Å². The molecule has 5 nitrogen and oxygen atoms in total. The number of amides is 1. The summed E-state index contributed by atoms with van der Waals surface area (Å²) in [6, 6.07) is 7.41. The topological polar surface area (TPSA) is 59.6 Å². The summed E-state index contributed by atoms with van der Waals surface area (Å²) in [6.07, 6.45) is 0.0675. The van der Waals surface area contributed by atoms with E-state index in [1.807, 2.05) is 38.1 Å². The molecular weight excluding hydrogens is 244 g/mol. The number of para-hydroxylation sites is 2. The minimum absolute atomic E-state index is 0.0675. The summed E-state index contributed by atoms with van der Waals surface area (Å²) in [7, 11) is 1.63. The fraction of sp³-hybridized carbons (Fsp3) is 0.500. The Balaban J connectivity index is 2.49. The maximum absolute atomic E-state index is 11.7. The van der Waals surface area contributed by atoms with Crippen LogP contribution in [0.4, 0.5) is 5.69 Å². The third-order valence-corrected chi connectivity index (χ3v) is 2.29. The Morgan fingerprint density at radius 2 is 2.05 bits per heavy atom. The van der Waals surface area contributed by atoms with Crippen LogP contribution in [0.5, 0.6) is 5.75 Å². The Bertz CT molecular complexity index is 394. The number of carbonyl (C=O) groups is 1. The Labute approximate surface area is 114 Å². The molecule has 5 heteroatoms. The van der Waals surface area contributed by atoms with Crippen molar-refractivity contribution in [3.8, 4) is 5.75 Å². The van der Waals surface area contributed by atoms with Gasteiger partial charge in [0.15, 0.2) is 0 Å². The molecule has 2 N–H and O–H groups in total. The van der Waals surface area contributed by atoms with Crippen LogP contribution >= 0.6 is 0 Å². The van der Waals surface area contributed by atoms with Crippen molar-refractivity contribution in [2.75, 3.05) is 32.1 Å². The lowest BCUT2D eigenvalue weighted by atomic mass is 10.3. The minimum atomic E-state index is -0.101. The quantitative estimate of drug-likeness (QED) is 0.702. The van der Waals surface area contributed by atoms with E-state index in [1.54, 1.807) is 7.11 Å². The number of ether oxygens (including phenoxy) is 2. The summed E-state index contributed by atoms with van der Waals surface area (Å²) < 4.78 is 10.5. The van der Waals surface area contributed by atoms with Crippen LogP contribution in [0.25, 0.3) is 0 Å². The van der Waals surface area contributed by atoms with Gasteiger partial charge in [0, 0.05) is 13.7 Å². The highest BCUT2D eigenvalue weighted by atomic mass is 16.5. The van der Waals surface area contributed by atoms with Gasteiger partial charge in [-0.25, -0.2) is 0 Å². The molecule has 0 bridgehead atoms. The number of anilines is 1. The molecular formula is C14H22N2O3. The van der Waals surface area contributed by atoms with E-state index in [9.17, 15) is 4.79 Å². The maximum Gasteiger partial charge on any atom is 0.238 e. The molecule has 0 saturated carbocycles. The molecule has 0 aliphatic rings. The molecule has 1 aromatic carbocycles. The highest BCUT2D eigenvalue weighted by Crippen LogP contribution is 2.24. The molecule has 1 aromatic rings. The molecule has 0 radical (unpaired) electrons. The lowest BCUT2D eigenvalue weighted by Crippen LogP contribution is -2.30. The van der Waals surface area contributed by atoms with Gasteiger partial charge < -0.3 is 20.1 Å². The third-order valence-electron chi connectivity index (χ3n) is 2.29. The molecule has 0 aromatic heterocycles. The van der Waals surface area contributed by atoms with E-state index in [0.29, 0.717) is 24.6 Å². The highest BCUT2D eigenvalue weighted by molar-refractivity contribution is 5.93. The monoisotopic (exact) mass is 266 g/mol. The van der Waals surface area contributed by atoms with E-state index in [-0.39, 0.29) is 18.6 Å². The average molecular weight is 266 g/mol. The van der Waals surface area contributed by atoms with Gasteiger partial charge in [0.25, 0.3) is 0 Å². The van der Waals surface area contributed by atoms with Crippen molar-refractivity contribution in [1.29, 1.82) is 0 Å². The van der Waals surface area contributed by atoms with Crippen molar-refractivity contribution in [2.24, 2.45) is 0 Å². The minimum Gasteiger partial charge on any atom is -0.489 e. The fourth-order valence-electron chi connectivity index (χ4n) is 1.50. The molecule has 0 aliphatic carbocycles. The Kier molecular flexibility index (Phi) is 6.92. The summed E-state index contributed by atoms with van der Waals surface area (Å²) in [5.41, 5.74) is 0.690. The number of nitrogens with one attached hydrogen (secondary N) is 2. The zero-order chi connectivity index (χ0) is 14.1. The zero-order valence-corrected chi connectivity index (χ0v) is 11.7. The summed E-state index contributed by atoms with van der Waals surface area (Å²) in [6.45, 7) is 5.38. The molecule has 106 valence electrons. The predicted molar refractivity (Wildman–Crippen MR) is 75.6 cm³/mol. The zero-order valence-electron chi connectivity index (χ0n) is 11.7. The number of benzene rings is 1. The van der Waals surface area contributed by atoms with Crippen molar-refractivity contribution in [3.63, 3.8) is 0 Å².